The summed E-state index contributed by atoms with van der Waals surface area (Å²) in [6.45, 7) is 6.28. The van der Waals surface area contributed by atoms with E-state index in [9.17, 15) is 4.79 Å². The molecule has 0 bridgehead atoms. The minimum atomic E-state index is -1.84. The highest BCUT2D eigenvalue weighted by atomic mass is 35.6. The van der Waals surface area contributed by atoms with Crippen molar-refractivity contribution in [2.45, 2.75) is 55.2 Å². The molecule has 16 heavy (non-hydrogen) atoms. The molecule has 0 aliphatic heterocycles. The Balaban J connectivity index is 4.77. The van der Waals surface area contributed by atoms with Crippen LogP contribution in [0.25, 0.3) is 0 Å². The highest BCUT2D eigenvalue weighted by molar-refractivity contribution is 6.74. The van der Waals surface area contributed by atoms with E-state index in [1.54, 1.807) is 0 Å². The van der Waals surface area contributed by atoms with E-state index in [-0.39, 0.29) is 6.42 Å². The maximum atomic E-state index is 10.6. The van der Waals surface area contributed by atoms with Gasteiger partial charge in [-0.05, 0) is 18.1 Å². The van der Waals surface area contributed by atoms with E-state index in [1.807, 2.05) is 0 Å². The van der Waals surface area contributed by atoms with Crippen LogP contribution in [0.1, 0.15) is 27.2 Å². The molecule has 0 saturated carbocycles. The lowest BCUT2D eigenvalue weighted by molar-refractivity contribution is -0.109. The molecule has 0 aromatic heterocycles. The number of hydrogen-bond acceptors (Lipinski definition) is 2. The fraction of sp³-hybridized carbons (Fsp3) is 0.900. The van der Waals surface area contributed by atoms with Gasteiger partial charge in [0.15, 0.2) is 8.32 Å². The Bertz CT molecular complexity index is 206. The van der Waals surface area contributed by atoms with Gasteiger partial charge in [0.2, 0.25) is 3.79 Å². The lowest BCUT2D eigenvalue weighted by Crippen LogP contribution is -2.44. The number of hydrogen-bond donors (Lipinski definition) is 0. The summed E-state index contributed by atoms with van der Waals surface area (Å²) in [5.41, 5.74) is 0. The van der Waals surface area contributed by atoms with Crippen LogP contribution in [0.3, 0.4) is 0 Å². The van der Waals surface area contributed by atoms with Crippen LogP contribution in [0, 0.1) is 0 Å². The predicted octanol–water partition coefficient (Wildman–Crippen LogP) is 4.34. The molecule has 0 aromatic rings. The van der Waals surface area contributed by atoms with E-state index in [2.05, 4.69) is 20.8 Å². The van der Waals surface area contributed by atoms with Crippen molar-refractivity contribution in [1.29, 1.82) is 0 Å². The SMILES string of the molecule is CC[Si](CC)(CC)O[C@H](CC=O)C(Cl)(Cl)Cl. The summed E-state index contributed by atoms with van der Waals surface area (Å²) in [4.78, 5) is 10.6. The summed E-state index contributed by atoms with van der Waals surface area (Å²) < 4.78 is 4.47. The summed E-state index contributed by atoms with van der Waals surface area (Å²) >= 11 is 17.5. The first-order chi connectivity index (χ1) is 7.35. The summed E-state index contributed by atoms with van der Waals surface area (Å²) in [5, 5.41) is 0. The molecule has 0 aliphatic rings. The normalized spacial score (nSPS) is 14.9. The second-order valence-corrected chi connectivity index (χ2v) is 10.9. The quantitative estimate of drug-likeness (QED) is 0.397. The summed E-state index contributed by atoms with van der Waals surface area (Å²) in [5.74, 6) is 0. The molecule has 2 nitrogen and oxygen atoms in total. The van der Waals surface area contributed by atoms with Gasteiger partial charge in [0.05, 0.1) is 6.10 Å². The van der Waals surface area contributed by atoms with Crippen molar-refractivity contribution < 1.29 is 9.22 Å². The Morgan fingerprint density at radius 1 is 1.19 bits per heavy atom. The molecule has 0 N–H and O–H groups in total. The van der Waals surface area contributed by atoms with Crippen LogP contribution < -0.4 is 0 Å². The Kier molecular flexibility index (Phi) is 7.54. The minimum Gasteiger partial charge on any atom is -0.409 e. The molecule has 0 rings (SSSR count). The third-order valence-electron chi connectivity index (χ3n) is 3.00. The first kappa shape index (κ1) is 16.7. The lowest BCUT2D eigenvalue weighted by Gasteiger charge is -2.35. The zero-order valence-electron chi connectivity index (χ0n) is 9.93. The topological polar surface area (TPSA) is 26.3 Å². The summed E-state index contributed by atoms with van der Waals surface area (Å²) in [6, 6.07) is 2.91. The zero-order valence-corrected chi connectivity index (χ0v) is 13.2. The molecule has 0 fully saturated rings. The van der Waals surface area contributed by atoms with E-state index in [1.165, 1.54) is 0 Å². The smallest absolute Gasteiger partial charge is 0.215 e. The Labute approximate surface area is 114 Å². The van der Waals surface area contributed by atoms with Gasteiger partial charge in [0, 0.05) is 6.42 Å². The van der Waals surface area contributed by atoms with Gasteiger partial charge in [-0.3, -0.25) is 0 Å². The molecule has 0 heterocycles. The van der Waals surface area contributed by atoms with Crippen LogP contribution in [0.15, 0.2) is 0 Å². The van der Waals surface area contributed by atoms with E-state index >= 15 is 0 Å². The lowest BCUT2D eigenvalue weighted by atomic mass is 10.3. The molecule has 6 heteroatoms. The molecule has 0 radical (unpaired) electrons. The molecule has 0 saturated heterocycles. The number of carbonyl (C=O) groups is 1. The van der Waals surface area contributed by atoms with Gasteiger partial charge in [-0.2, -0.15) is 0 Å². The van der Waals surface area contributed by atoms with Crippen LogP contribution in [0.4, 0.5) is 0 Å². The third-order valence-corrected chi connectivity index (χ3v) is 8.38. The van der Waals surface area contributed by atoms with Crippen molar-refractivity contribution >= 4 is 49.4 Å². The minimum absolute atomic E-state index is 0.130. The van der Waals surface area contributed by atoms with E-state index in [0.717, 1.165) is 24.4 Å². The van der Waals surface area contributed by atoms with E-state index in [0.29, 0.717) is 0 Å². The van der Waals surface area contributed by atoms with Crippen molar-refractivity contribution in [3.63, 3.8) is 0 Å². The van der Waals surface area contributed by atoms with Crippen LogP contribution >= 0.6 is 34.8 Å². The van der Waals surface area contributed by atoms with Crippen LogP contribution in [0.5, 0.6) is 0 Å². The Morgan fingerprint density at radius 3 is 1.88 bits per heavy atom. The molecule has 96 valence electrons. The zero-order chi connectivity index (χ0) is 12.8. The number of halogens is 3. The molecular formula is C10H19Cl3O2Si. The molecule has 0 aliphatic carbocycles. The average Bonchev–Trinajstić information content (AvgIpc) is 2.23. The highest BCUT2D eigenvalue weighted by Crippen LogP contribution is 2.37. The number of rotatable bonds is 7. The molecule has 0 aromatic carbocycles. The molecule has 1 atom stereocenters. The Hall–Kier alpha value is 0.717. The highest BCUT2D eigenvalue weighted by Gasteiger charge is 2.40. The second kappa shape index (κ2) is 7.22. The summed E-state index contributed by atoms with van der Waals surface area (Å²) in [7, 11) is -1.84. The van der Waals surface area contributed by atoms with Crippen molar-refractivity contribution in [2.75, 3.05) is 0 Å². The van der Waals surface area contributed by atoms with Gasteiger partial charge in [-0.25, -0.2) is 0 Å². The molecule has 0 amide bonds. The van der Waals surface area contributed by atoms with Gasteiger partial charge >= 0.3 is 0 Å². The van der Waals surface area contributed by atoms with Crippen LogP contribution in [-0.4, -0.2) is 24.5 Å². The van der Waals surface area contributed by atoms with Crippen LogP contribution in [-0.2, 0) is 9.22 Å². The van der Waals surface area contributed by atoms with E-state index in [4.69, 9.17) is 39.2 Å². The predicted molar refractivity (Wildman–Crippen MR) is 73.0 cm³/mol. The Morgan fingerprint density at radius 2 is 1.62 bits per heavy atom. The first-order valence-electron chi connectivity index (χ1n) is 5.53. The standard InChI is InChI=1S/C10H19Cl3O2Si/c1-4-16(5-2,6-3)15-9(7-8-14)10(11,12)13/h8-9H,4-7H2,1-3H3/t9-/m1/s1. The van der Waals surface area contributed by atoms with Crippen molar-refractivity contribution in [3.05, 3.63) is 0 Å². The van der Waals surface area contributed by atoms with Gasteiger partial charge in [0.25, 0.3) is 0 Å². The largest absolute Gasteiger partial charge is 0.409 e. The number of alkyl halides is 3. The average molecular weight is 306 g/mol. The van der Waals surface area contributed by atoms with Gasteiger partial charge in [-0.1, -0.05) is 55.6 Å². The number of aldehydes is 1. The van der Waals surface area contributed by atoms with Crippen molar-refractivity contribution in [1.82, 2.24) is 0 Å². The molecular weight excluding hydrogens is 287 g/mol. The molecule has 0 unspecified atom stereocenters. The maximum absolute atomic E-state index is 10.6. The van der Waals surface area contributed by atoms with Gasteiger partial charge in [0.1, 0.15) is 6.29 Å². The van der Waals surface area contributed by atoms with Gasteiger partial charge in [-0.15, -0.1) is 0 Å². The summed E-state index contributed by atoms with van der Waals surface area (Å²) in [6.07, 6.45) is 0.249. The van der Waals surface area contributed by atoms with Crippen LogP contribution in [0.2, 0.25) is 18.1 Å². The first-order valence-corrected chi connectivity index (χ1v) is 9.19. The van der Waals surface area contributed by atoms with Crippen molar-refractivity contribution in [3.8, 4) is 0 Å². The second-order valence-electron chi connectivity index (χ2n) is 3.79. The molecule has 0 spiro atoms. The maximum Gasteiger partial charge on any atom is 0.215 e. The monoisotopic (exact) mass is 304 g/mol. The van der Waals surface area contributed by atoms with Gasteiger partial charge < -0.3 is 9.22 Å². The number of carbonyl (C=O) groups excluding carboxylic acids is 1. The van der Waals surface area contributed by atoms with E-state index < -0.39 is 18.2 Å². The fourth-order valence-corrected chi connectivity index (χ4v) is 5.14. The van der Waals surface area contributed by atoms with Crippen molar-refractivity contribution in [2.24, 2.45) is 0 Å². The third kappa shape index (κ3) is 4.92. The fourth-order valence-electron chi connectivity index (χ4n) is 1.64.